The van der Waals surface area contributed by atoms with Crippen LogP contribution < -0.4 is 10.6 Å². The van der Waals surface area contributed by atoms with E-state index in [1.165, 1.54) is 6.42 Å². The quantitative estimate of drug-likeness (QED) is 0.717. The van der Waals surface area contributed by atoms with Crippen LogP contribution in [0.5, 0.6) is 0 Å². The van der Waals surface area contributed by atoms with Gasteiger partial charge in [0.05, 0.1) is 0 Å². The second-order valence-corrected chi connectivity index (χ2v) is 7.13. The van der Waals surface area contributed by atoms with E-state index in [1.54, 1.807) is 0 Å². The first-order valence-electron chi connectivity index (χ1n) is 7.84. The zero-order valence-electron chi connectivity index (χ0n) is 14.4. The molecule has 0 heterocycles. The summed E-state index contributed by atoms with van der Waals surface area (Å²) in [5.41, 5.74) is -0.443. The Hall–Kier alpha value is -0.770. The molecule has 2 N–H and O–H groups in total. The minimum absolute atomic E-state index is 0.302. The summed E-state index contributed by atoms with van der Waals surface area (Å²) in [6, 6.07) is 0.302. The van der Waals surface area contributed by atoms with Gasteiger partial charge in [-0.3, -0.25) is 0 Å². The average Bonchev–Trinajstić information content (AvgIpc) is 2.29. The summed E-state index contributed by atoms with van der Waals surface area (Å²) in [6.45, 7) is 16.1. The van der Waals surface area contributed by atoms with Crippen molar-refractivity contribution >= 4 is 6.09 Å². The van der Waals surface area contributed by atoms with Crippen LogP contribution in [0.1, 0.15) is 61.3 Å². The summed E-state index contributed by atoms with van der Waals surface area (Å²) in [4.78, 5) is 11.7. The highest BCUT2D eigenvalue weighted by molar-refractivity contribution is 5.67. The van der Waals surface area contributed by atoms with Crippen molar-refractivity contribution in [1.82, 2.24) is 10.6 Å². The summed E-state index contributed by atoms with van der Waals surface area (Å²) >= 11 is 0. The van der Waals surface area contributed by atoms with Crippen LogP contribution in [0.3, 0.4) is 0 Å². The zero-order valence-corrected chi connectivity index (χ0v) is 14.4. The Balaban J connectivity index is 4.18. The van der Waals surface area contributed by atoms with Crippen molar-refractivity contribution in [2.24, 2.45) is 11.8 Å². The van der Waals surface area contributed by atoms with Crippen molar-refractivity contribution in [3.05, 3.63) is 0 Å². The number of carbonyl (C=O) groups excluding carboxylic acids is 1. The van der Waals surface area contributed by atoms with Gasteiger partial charge in [-0.2, -0.15) is 0 Å². The van der Waals surface area contributed by atoms with Gasteiger partial charge in [0.1, 0.15) is 5.60 Å². The molecule has 0 rings (SSSR count). The van der Waals surface area contributed by atoms with Crippen molar-refractivity contribution in [2.45, 2.75) is 73.0 Å². The van der Waals surface area contributed by atoms with Gasteiger partial charge in [0.2, 0.25) is 0 Å². The average molecular weight is 286 g/mol. The Morgan fingerprint density at radius 2 is 1.75 bits per heavy atom. The van der Waals surface area contributed by atoms with Gasteiger partial charge in [-0.05, 0) is 45.6 Å². The Labute approximate surface area is 125 Å². The van der Waals surface area contributed by atoms with Crippen molar-refractivity contribution in [1.29, 1.82) is 0 Å². The summed E-state index contributed by atoms with van der Waals surface area (Å²) in [5, 5.41) is 6.41. The molecule has 4 nitrogen and oxygen atoms in total. The molecule has 2 unspecified atom stereocenters. The highest BCUT2D eigenvalue weighted by atomic mass is 16.6. The molecule has 0 radical (unpaired) electrons. The van der Waals surface area contributed by atoms with Gasteiger partial charge in [0, 0.05) is 12.6 Å². The topological polar surface area (TPSA) is 50.4 Å². The smallest absolute Gasteiger partial charge is 0.407 e. The predicted molar refractivity (Wildman–Crippen MR) is 84.9 cm³/mol. The highest BCUT2D eigenvalue weighted by Gasteiger charge is 2.18. The van der Waals surface area contributed by atoms with Crippen LogP contribution in [0.4, 0.5) is 4.79 Å². The van der Waals surface area contributed by atoms with Crippen molar-refractivity contribution < 1.29 is 9.53 Å². The normalized spacial score (nSPS) is 15.0. The third-order valence-electron chi connectivity index (χ3n) is 3.10. The van der Waals surface area contributed by atoms with Crippen molar-refractivity contribution in [3.63, 3.8) is 0 Å². The number of rotatable bonds is 8. The lowest BCUT2D eigenvalue weighted by molar-refractivity contribution is 0.0520. The number of ether oxygens (including phenoxy) is 1. The zero-order chi connectivity index (χ0) is 15.8. The molecule has 1 amide bonds. The fourth-order valence-electron chi connectivity index (χ4n) is 1.84. The van der Waals surface area contributed by atoms with Crippen LogP contribution in [0, 0.1) is 11.8 Å². The van der Waals surface area contributed by atoms with E-state index in [1.807, 2.05) is 20.8 Å². The molecule has 0 saturated heterocycles. The Morgan fingerprint density at radius 3 is 2.20 bits per heavy atom. The van der Waals surface area contributed by atoms with Gasteiger partial charge < -0.3 is 15.4 Å². The number of carbonyl (C=O) groups is 1. The van der Waals surface area contributed by atoms with E-state index in [0.717, 1.165) is 13.0 Å². The van der Waals surface area contributed by atoms with Crippen LogP contribution >= 0.6 is 0 Å². The van der Waals surface area contributed by atoms with Crippen LogP contribution in [0.25, 0.3) is 0 Å². The number of hydrogen-bond acceptors (Lipinski definition) is 3. The van der Waals surface area contributed by atoms with Crippen molar-refractivity contribution in [2.75, 3.05) is 13.1 Å². The number of nitrogens with one attached hydrogen (secondary N) is 2. The molecule has 2 atom stereocenters. The predicted octanol–water partition coefficient (Wildman–Crippen LogP) is 3.56. The van der Waals surface area contributed by atoms with E-state index in [4.69, 9.17) is 4.74 Å². The first-order valence-corrected chi connectivity index (χ1v) is 7.84. The lowest BCUT2D eigenvalue weighted by Gasteiger charge is -2.24. The van der Waals surface area contributed by atoms with Gasteiger partial charge in [0.25, 0.3) is 0 Å². The monoisotopic (exact) mass is 286 g/mol. The molecule has 4 heteroatoms. The molecule has 0 aromatic rings. The molecule has 0 aromatic heterocycles. The van der Waals surface area contributed by atoms with E-state index in [-0.39, 0.29) is 6.09 Å². The van der Waals surface area contributed by atoms with E-state index in [0.29, 0.717) is 24.4 Å². The maximum atomic E-state index is 11.7. The van der Waals surface area contributed by atoms with Gasteiger partial charge >= 0.3 is 6.09 Å². The van der Waals surface area contributed by atoms with Crippen LogP contribution in [0.2, 0.25) is 0 Å². The number of hydrogen-bond donors (Lipinski definition) is 2. The third-order valence-corrected chi connectivity index (χ3v) is 3.10. The standard InChI is InChI=1S/C16H34N2O2/c1-8-13(4)10-17-14(9-12(2)3)11-18-15(19)20-16(5,6)7/h12-14,17H,8-11H2,1-7H3,(H,18,19). The van der Waals surface area contributed by atoms with Crippen LogP contribution in [-0.4, -0.2) is 30.8 Å². The molecule has 0 aliphatic carbocycles. The molecule has 0 aliphatic rings. The molecule has 0 bridgehead atoms. The molecule has 0 aliphatic heterocycles. The van der Waals surface area contributed by atoms with E-state index >= 15 is 0 Å². The second kappa shape index (κ2) is 9.22. The molecule has 120 valence electrons. The summed E-state index contributed by atoms with van der Waals surface area (Å²) in [5.74, 6) is 1.26. The maximum Gasteiger partial charge on any atom is 0.407 e. The van der Waals surface area contributed by atoms with Crippen LogP contribution in [-0.2, 0) is 4.74 Å². The molecule has 0 spiro atoms. The highest BCUT2D eigenvalue weighted by Crippen LogP contribution is 2.08. The molecule has 0 saturated carbocycles. The van der Waals surface area contributed by atoms with Gasteiger partial charge in [-0.25, -0.2) is 4.79 Å². The van der Waals surface area contributed by atoms with Gasteiger partial charge in [0.15, 0.2) is 0 Å². The summed E-state index contributed by atoms with van der Waals surface area (Å²) < 4.78 is 5.26. The first-order chi connectivity index (χ1) is 9.14. The fraction of sp³-hybridized carbons (Fsp3) is 0.938. The fourth-order valence-corrected chi connectivity index (χ4v) is 1.84. The third kappa shape index (κ3) is 11.1. The molecule has 0 fully saturated rings. The lowest BCUT2D eigenvalue weighted by atomic mass is 10.0. The van der Waals surface area contributed by atoms with Crippen molar-refractivity contribution in [3.8, 4) is 0 Å². The lowest BCUT2D eigenvalue weighted by Crippen LogP contribution is -2.44. The van der Waals surface area contributed by atoms with Gasteiger partial charge in [-0.1, -0.05) is 34.1 Å². The van der Waals surface area contributed by atoms with E-state index in [2.05, 4.69) is 38.3 Å². The van der Waals surface area contributed by atoms with E-state index in [9.17, 15) is 4.79 Å². The first kappa shape index (κ1) is 19.2. The minimum Gasteiger partial charge on any atom is -0.444 e. The number of amides is 1. The molecular formula is C16H34N2O2. The summed E-state index contributed by atoms with van der Waals surface area (Å²) in [7, 11) is 0. The summed E-state index contributed by atoms with van der Waals surface area (Å²) in [6.07, 6.45) is 1.88. The largest absolute Gasteiger partial charge is 0.444 e. The van der Waals surface area contributed by atoms with E-state index < -0.39 is 5.60 Å². The molecule has 0 aromatic carbocycles. The Bertz CT molecular complexity index is 272. The maximum absolute atomic E-state index is 11.7. The van der Waals surface area contributed by atoms with Gasteiger partial charge in [-0.15, -0.1) is 0 Å². The second-order valence-electron chi connectivity index (χ2n) is 7.13. The van der Waals surface area contributed by atoms with Crippen LogP contribution in [0.15, 0.2) is 0 Å². The Morgan fingerprint density at radius 1 is 1.15 bits per heavy atom. The Kier molecular flexibility index (Phi) is 8.86. The molecular weight excluding hydrogens is 252 g/mol. The molecule has 20 heavy (non-hydrogen) atoms. The minimum atomic E-state index is -0.443. The number of alkyl carbamates (subject to hydrolysis) is 1. The SMILES string of the molecule is CCC(C)CNC(CNC(=O)OC(C)(C)C)CC(C)C.